The van der Waals surface area contributed by atoms with Crippen LogP contribution in [0.5, 0.6) is 0 Å². The first-order valence-electron chi connectivity index (χ1n) is 5.13. The molecule has 2 N–H and O–H groups in total. The third-order valence-corrected chi connectivity index (χ3v) is 3.52. The van der Waals surface area contributed by atoms with Crippen molar-refractivity contribution in [3.8, 4) is 0 Å². The Morgan fingerprint density at radius 1 is 1.21 bits per heavy atom. The number of hydrogen-bond donors (Lipinski definition) is 1. The molecule has 0 atom stereocenters. The number of nitrogens with two attached hydrogens (primary N) is 1. The van der Waals surface area contributed by atoms with Crippen LogP contribution >= 0.6 is 36.8 Å². The first kappa shape index (κ1) is 17.9. The number of anilines is 1. The van der Waals surface area contributed by atoms with Gasteiger partial charge in [0.25, 0.3) is 5.91 Å². The van der Waals surface area contributed by atoms with Crippen LogP contribution in [-0.4, -0.2) is 34.7 Å². The zero-order chi connectivity index (χ0) is 12.4. The number of imide groups is 1. The van der Waals surface area contributed by atoms with Crippen LogP contribution in [0, 0.1) is 0 Å². The number of carbonyl (C=O) groups excluding carboxylic acids is 2. The van der Waals surface area contributed by atoms with Gasteiger partial charge in [-0.1, -0.05) is 12.1 Å². The fourth-order valence-corrected chi connectivity index (χ4v) is 2.40. The number of halogens is 2. The maximum Gasteiger partial charge on any atom is 0.337 e. The van der Waals surface area contributed by atoms with E-state index in [1.54, 1.807) is 19.2 Å². The number of amides is 3. The highest BCUT2D eigenvalue weighted by atomic mass is 35.5. The highest BCUT2D eigenvalue weighted by molar-refractivity contribution is 7.97. The zero-order valence-corrected chi connectivity index (χ0v) is 12.7. The molecular formula is C11H15Cl2N3O2S. The van der Waals surface area contributed by atoms with Gasteiger partial charge in [-0.25, -0.2) is 9.10 Å². The van der Waals surface area contributed by atoms with Gasteiger partial charge in [0, 0.05) is 18.5 Å². The Balaban J connectivity index is 0.00000162. The Hall–Kier alpha value is -1.11. The highest BCUT2D eigenvalue weighted by Gasteiger charge is 2.33. The van der Waals surface area contributed by atoms with Crippen LogP contribution in [0.25, 0.3) is 0 Å². The summed E-state index contributed by atoms with van der Waals surface area (Å²) in [5.41, 5.74) is 7.30. The minimum atomic E-state index is -0.254. The van der Waals surface area contributed by atoms with Crippen molar-refractivity contribution in [2.75, 3.05) is 19.3 Å². The standard InChI is InChI=1S/C11H13N3O2S.2ClH/c1-13-6-10(15)14(11(13)16)17-7-8-2-4-9(12)5-3-8;;/h2-5H,6-7,12H2,1H3;2*1H. The first-order valence-corrected chi connectivity index (χ1v) is 6.07. The Kier molecular flexibility index (Phi) is 7.04. The van der Waals surface area contributed by atoms with E-state index in [0.29, 0.717) is 11.4 Å². The molecule has 1 heterocycles. The van der Waals surface area contributed by atoms with Crippen molar-refractivity contribution >= 4 is 54.4 Å². The van der Waals surface area contributed by atoms with Gasteiger partial charge in [-0.15, -0.1) is 24.8 Å². The van der Waals surface area contributed by atoms with Crippen molar-refractivity contribution in [2.24, 2.45) is 0 Å². The number of carbonyl (C=O) groups is 2. The average molecular weight is 324 g/mol. The molecule has 1 aromatic rings. The summed E-state index contributed by atoms with van der Waals surface area (Å²) in [6, 6.07) is 7.12. The monoisotopic (exact) mass is 323 g/mol. The predicted molar refractivity (Wildman–Crippen MR) is 81.5 cm³/mol. The highest BCUT2D eigenvalue weighted by Crippen LogP contribution is 2.23. The fourth-order valence-electron chi connectivity index (χ4n) is 1.48. The Bertz CT molecular complexity index is 456. The molecule has 0 spiro atoms. The van der Waals surface area contributed by atoms with Gasteiger partial charge in [0.2, 0.25) is 0 Å². The van der Waals surface area contributed by atoms with Crippen molar-refractivity contribution in [3.05, 3.63) is 29.8 Å². The number of likely N-dealkylation sites (N-methyl/N-ethyl adjacent to an activating group) is 1. The van der Waals surface area contributed by atoms with E-state index in [0.717, 1.165) is 5.56 Å². The van der Waals surface area contributed by atoms with Crippen LogP contribution in [0.15, 0.2) is 24.3 Å². The fraction of sp³-hybridized carbons (Fsp3) is 0.273. The third-order valence-electron chi connectivity index (χ3n) is 2.44. The van der Waals surface area contributed by atoms with Crippen molar-refractivity contribution in [1.29, 1.82) is 0 Å². The molecule has 5 nitrogen and oxygen atoms in total. The maximum absolute atomic E-state index is 11.6. The molecule has 1 saturated heterocycles. The normalized spacial score (nSPS) is 14.2. The molecule has 106 valence electrons. The van der Waals surface area contributed by atoms with E-state index in [9.17, 15) is 9.59 Å². The zero-order valence-electron chi connectivity index (χ0n) is 10.2. The lowest BCUT2D eigenvalue weighted by atomic mass is 10.2. The van der Waals surface area contributed by atoms with Gasteiger partial charge in [0.05, 0.1) is 0 Å². The van der Waals surface area contributed by atoms with Crippen molar-refractivity contribution < 1.29 is 9.59 Å². The number of hydrogen-bond acceptors (Lipinski definition) is 4. The van der Waals surface area contributed by atoms with E-state index < -0.39 is 0 Å². The van der Waals surface area contributed by atoms with Gasteiger partial charge in [0.15, 0.2) is 0 Å². The summed E-state index contributed by atoms with van der Waals surface area (Å²) in [5, 5.41) is 0. The van der Waals surface area contributed by atoms with Gasteiger partial charge in [-0.3, -0.25) is 4.79 Å². The van der Waals surface area contributed by atoms with E-state index in [1.165, 1.54) is 21.2 Å². The van der Waals surface area contributed by atoms with E-state index in [-0.39, 0.29) is 43.3 Å². The quantitative estimate of drug-likeness (QED) is 0.526. The molecule has 0 unspecified atom stereocenters. The summed E-state index contributed by atoms with van der Waals surface area (Å²) in [4.78, 5) is 24.5. The molecule has 2 rings (SSSR count). The molecule has 8 heteroatoms. The van der Waals surface area contributed by atoms with Crippen molar-refractivity contribution in [3.63, 3.8) is 0 Å². The van der Waals surface area contributed by atoms with Gasteiger partial charge in [0.1, 0.15) is 6.54 Å². The van der Waals surface area contributed by atoms with Gasteiger partial charge in [-0.2, -0.15) is 0 Å². The SMILES string of the molecule is CN1CC(=O)N(SCc2ccc(N)cc2)C1=O.Cl.Cl. The predicted octanol–water partition coefficient (Wildman–Crippen LogP) is 2.15. The number of benzene rings is 1. The Labute approximate surface area is 128 Å². The summed E-state index contributed by atoms with van der Waals surface area (Å²) in [7, 11) is 1.62. The lowest BCUT2D eigenvalue weighted by molar-refractivity contribution is -0.121. The number of rotatable bonds is 3. The smallest absolute Gasteiger partial charge is 0.337 e. The molecular weight excluding hydrogens is 309 g/mol. The van der Waals surface area contributed by atoms with Crippen LogP contribution in [0.2, 0.25) is 0 Å². The second-order valence-corrected chi connectivity index (χ2v) is 4.75. The molecule has 0 aliphatic carbocycles. The molecule has 1 fully saturated rings. The van der Waals surface area contributed by atoms with E-state index >= 15 is 0 Å². The second-order valence-electron chi connectivity index (χ2n) is 3.84. The largest absolute Gasteiger partial charge is 0.399 e. The topological polar surface area (TPSA) is 66.6 Å². The van der Waals surface area contributed by atoms with E-state index in [4.69, 9.17) is 5.73 Å². The molecule has 0 radical (unpaired) electrons. The van der Waals surface area contributed by atoms with E-state index in [2.05, 4.69) is 0 Å². The lowest BCUT2D eigenvalue weighted by Crippen LogP contribution is -2.25. The molecule has 0 saturated carbocycles. The van der Waals surface area contributed by atoms with Crippen LogP contribution in [0.4, 0.5) is 10.5 Å². The summed E-state index contributed by atoms with van der Waals surface area (Å²) in [6.45, 7) is 0.160. The number of nitrogens with zero attached hydrogens (tertiary/aromatic N) is 2. The summed E-state index contributed by atoms with van der Waals surface area (Å²) < 4.78 is 1.20. The lowest BCUT2D eigenvalue weighted by Gasteiger charge is -2.12. The van der Waals surface area contributed by atoms with Crippen molar-refractivity contribution in [1.82, 2.24) is 9.21 Å². The number of nitrogen functional groups attached to an aromatic ring is 1. The van der Waals surface area contributed by atoms with Crippen LogP contribution in [0.1, 0.15) is 5.56 Å². The van der Waals surface area contributed by atoms with Gasteiger partial charge in [-0.05, 0) is 29.6 Å². The summed E-state index contributed by atoms with van der Waals surface area (Å²) >= 11 is 1.21. The van der Waals surface area contributed by atoms with Crippen LogP contribution < -0.4 is 5.73 Å². The summed E-state index contributed by atoms with van der Waals surface area (Å²) in [6.07, 6.45) is 0. The van der Waals surface area contributed by atoms with Gasteiger partial charge >= 0.3 is 6.03 Å². The Morgan fingerprint density at radius 3 is 2.26 bits per heavy atom. The van der Waals surface area contributed by atoms with Crippen molar-refractivity contribution in [2.45, 2.75) is 5.75 Å². The van der Waals surface area contributed by atoms with E-state index in [1.807, 2.05) is 12.1 Å². The van der Waals surface area contributed by atoms with Crippen LogP contribution in [-0.2, 0) is 10.5 Å². The minimum Gasteiger partial charge on any atom is -0.399 e. The average Bonchev–Trinajstić information content (AvgIpc) is 2.54. The summed E-state index contributed by atoms with van der Waals surface area (Å²) in [5.74, 6) is 0.406. The maximum atomic E-state index is 11.6. The molecule has 0 aromatic heterocycles. The molecule has 0 bridgehead atoms. The second kappa shape index (κ2) is 7.47. The molecule has 19 heavy (non-hydrogen) atoms. The molecule has 1 aromatic carbocycles. The third kappa shape index (κ3) is 4.19. The molecule has 1 aliphatic heterocycles. The Morgan fingerprint density at radius 2 is 1.79 bits per heavy atom. The minimum absolute atomic E-state index is 0. The molecule has 1 aliphatic rings. The molecule has 3 amide bonds. The van der Waals surface area contributed by atoms with Crippen LogP contribution in [0.3, 0.4) is 0 Å². The number of urea groups is 1. The first-order chi connectivity index (χ1) is 8.08. The van der Waals surface area contributed by atoms with Gasteiger partial charge < -0.3 is 10.6 Å².